The largest absolute Gasteiger partial charge is 0.488 e. The van der Waals surface area contributed by atoms with Gasteiger partial charge in [-0.2, -0.15) is 4.98 Å². The highest BCUT2D eigenvalue weighted by Gasteiger charge is 2.30. The van der Waals surface area contributed by atoms with Crippen molar-refractivity contribution in [2.24, 2.45) is 0 Å². The minimum atomic E-state index is -2.15. The molecule has 4 rings (SSSR count). The van der Waals surface area contributed by atoms with E-state index in [-0.39, 0.29) is 5.25 Å². The Balaban J connectivity index is 1.51. The van der Waals surface area contributed by atoms with Crippen LogP contribution in [-0.4, -0.2) is 22.3 Å². The molecule has 26 heavy (non-hydrogen) atoms. The van der Waals surface area contributed by atoms with Crippen molar-refractivity contribution in [2.75, 3.05) is 7.11 Å². The van der Waals surface area contributed by atoms with Crippen molar-refractivity contribution in [3.8, 4) is 11.6 Å². The molecule has 1 fully saturated rings. The number of nitrogens with one attached hydrogen (secondary N) is 2. The second-order valence-corrected chi connectivity index (χ2v) is 8.78. The third-order valence-electron chi connectivity index (χ3n) is 4.46. The van der Waals surface area contributed by atoms with Crippen molar-refractivity contribution in [3.05, 3.63) is 54.2 Å². The van der Waals surface area contributed by atoms with E-state index in [1.165, 1.54) is 0 Å². The zero-order chi connectivity index (χ0) is 18.1. The van der Waals surface area contributed by atoms with Gasteiger partial charge < -0.3 is 9.47 Å². The van der Waals surface area contributed by atoms with Crippen LogP contribution in [0.15, 0.2) is 53.6 Å². The minimum absolute atomic E-state index is 0.247. The van der Waals surface area contributed by atoms with Crippen molar-refractivity contribution in [1.82, 2.24) is 9.97 Å². The molecule has 0 radical (unpaired) electrons. The molecule has 7 heteroatoms. The Hall–Kier alpha value is -2.67. The molecule has 6 nitrogen and oxygen atoms in total. The Bertz CT molecular complexity index is 1040. The SMILES string of the molecule is COc1ccc2c(OCc3ccc(S(=N)(=N)C4CC4)cc3)ccnc2n1. The smallest absolute Gasteiger partial charge is 0.215 e. The Labute approximate surface area is 152 Å². The van der Waals surface area contributed by atoms with E-state index in [9.17, 15) is 0 Å². The van der Waals surface area contributed by atoms with Gasteiger partial charge in [0.15, 0.2) is 5.65 Å². The van der Waals surface area contributed by atoms with Crippen LogP contribution in [0.3, 0.4) is 0 Å². The summed E-state index contributed by atoms with van der Waals surface area (Å²) in [6.45, 7) is 0.410. The maximum absolute atomic E-state index is 8.31. The number of pyridine rings is 2. The third-order valence-corrected chi connectivity index (χ3v) is 6.95. The number of benzene rings is 1. The number of methoxy groups -OCH3 is 1. The minimum Gasteiger partial charge on any atom is -0.488 e. The van der Waals surface area contributed by atoms with Crippen LogP contribution in [0.1, 0.15) is 18.4 Å². The first-order valence-electron chi connectivity index (χ1n) is 8.41. The Kier molecular flexibility index (Phi) is 4.24. The van der Waals surface area contributed by atoms with E-state index >= 15 is 0 Å². The zero-order valence-electron chi connectivity index (χ0n) is 14.4. The molecule has 0 bridgehead atoms. The van der Waals surface area contributed by atoms with Gasteiger partial charge in [-0.05, 0) is 52.3 Å². The van der Waals surface area contributed by atoms with E-state index in [1.807, 2.05) is 36.4 Å². The normalized spacial score (nSPS) is 14.3. The number of ether oxygens (including phenoxy) is 2. The van der Waals surface area contributed by atoms with Crippen LogP contribution >= 0.6 is 0 Å². The molecule has 2 heterocycles. The van der Waals surface area contributed by atoms with Gasteiger partial charge in [0.05, 0.1) is 12.5 Å². The van der Waals surface area contributed by atoms with Gasteiger partial charge >= 0.3 is 0 Å². The summed E-state index contributed by atoms with van der Waals surface area (Å²) < 4.78 is 27.7. The molecule has 0 atom stereocenters. The van der Waals surface area contributed by atoms with E-state index in [4.69, 9.17) is 19.0 Å². The van der Waals surface area contributed by atoms with Gasteiger partial charge in [0.2, 0.25) is 5.88 Å². The molecular weight excluding hydrogens is 348 g/mol. The fourth-order valence-electron chi connectivity index (χ4n) is 2.80. The molecule has 1 saturated carbocycles. The van der Waals surface area contributed by atoms with E-state index in [0.717, 1.165) is 28.7 Å². The van der Waals surface area contributed by atoms with Gasteiger partial charge in [-0.25, -0.2) is 4.98 Å². The molecule has 1 aromatic carbocycles. The lowest BCUT2D eigenvalue weighted by Gasteiger charge is -2.12. The summed E-state index contributed by atoms with van der Waals surface area (Å²) in [5.74, 6) is 1.23. The molecule has 134 valence electrons. The monoisotopic (exact) mass is 368 g/mol. The third kappa shape index (κ3) is 3.22. The quantitative estimate of drug-likeness (QED) is 0.674. The Morgan fingerprint density at radius 3 is 2.54 bits per heavy atom. The summed E-state index contributed by atoms with van der Waals surface area (Å²) in [7, 11) is -0.579. The number of aromatic nitrogens is 2. The Morgan fingerprint density at radius 2 is 1.85 bits per heavy atom. The highest BCUT2D eigenvalue weighted by molar-refractivity contribution is 7.94. The van der Waals surface area contributed by atoms with Crippen LogP contribution in [0.4, 0.5) is 0 Å². The highest BCUT2D eigenvalue weighted by atomic mass is 32.2. The van der Waals surface area contributed by atoms with E-state index < -0.39 is 9.62 Å². The summed E-state index contributed by atoms with van der Waals surface area (Å²) in [5, 5.41) is 1.08. The van der Waals surface area contributed by atoms with Crippen molar-refractivity contribution < 1.29 is 9.47 Å². The molecule has 2 N–H and O–H groups in total. The first-order valence-corrected chi connectivity index (χ1v) is 10.1. The van der Waals surface area contributed by atoms with Crippen LogP contribution in [0.25, 0.3) is 11.0 Å². The lowest BCUT2D eigenvalue weighted by Crippen LogP contribution is -2.03. The van der Waals surface area contributed by atoms with Gasteiger partial charge in [0.25, 0.3) is 0 Å². The van der Waals surface area contributed by atoms with Gasteiger partial charge in [-0.3, -0.25) is 9.56 Å². The zero-order valence-corrected chi connectivity index (χ0v) is 15.3. The van der Waals surface area contributed by atoms with Crippen molar-refractivity contribution in [3.63, 3.8) is 0 Å². The van der Waals surface area contributed by atoms with Crippen molar-refractivity contribution in [2.45, 2.75) is 29.6 Å². The first kappa shape index (κ1) is 16.8. The van der Waals surface area contributed by atoms with Gasteiger partial charge in [0, 0.05) is 22.4 Å². The average molecular weight is 368 g/mol. The lowest BCUT2D eigenvalue weighted by atomic mass is 10.2. The standard InChI is InChI=1S/C19H20N4O2S/c1-24-18-9-8-16-17(10-11-22-19(16)23-18)25-12-13-2-4-14(5-3-13)26(20,21)15-6-7-15/h2-5,8-11,15,20-21H,6-7,12H2,1H3. The molecule has 1 aliphatic carbocycles. The van der Waals surface area contributed by atoms with Gasteiger partial charge in [-0.1, -0.05) is 12.1 Å². The first-order chi connectivity index (χ1) is 12.6. The fraction of sp³-hybridized carbons (Fsp3) is 0.263. The highest BCUT2D eigenvalue weighted by Crippen LogP contribution is 2.34. The maximum Gasteiger partial charge on any atom is 0.215 e. The summed E-state index contributed by atoms with van der Waals surface area (Å²) in [5.41, 5.74) is 1.59. The topological polar surface area (TPSA) is 91.9 Å². The number of fused-ring (bicyclic) bond motifs is 1. The van der Waals surface area contributed by atoms with Gasteiger partial charge in [0.1, 0.15) is 12.4 Å². The summed E-state index contributed by atoms with van der Waals surface area (Å²) in [4.78, 5) is 9.40. The molecule has 0 saturated heterocycles. The summed E-state index contributed by atoms with van der Waals surface area (Å²) in [6.07, 6.45) is 3.70. The van der Waals surface area contributed by atoms with Crippen LogP contribution < -0.4 is 9.47 Å². The van der Waals surface area contributed by atoms with Crippen LogP contribution in [0.5, 0.6) is 11.6 Å². The molecule has 3 aromatic rings. The van der Waals surface area contributed by atoms with Crippen LogP contribution in [-0.2, 0) is 16.2 Å². The second kappa shape index (κ2) is 6.57. The van der Waals surface area contributed by atoms with Crippen LogP contribution in [0.2, 0.25) is 0 Å². The molecule has 0 aliphatic heterocycles. The molecule has 2 aromatic heterocycles. The summed E-state index contributed by atoms with van der Waals surface area (Å²) in [6, 6.07) is 13.2. The molecule has 0 spiro atoms. The molecule has 1 aliphatic rings. The molecular formula is C19H20N4O2S. The number of rotatable bonds is 6. The maximum atomic E-state index is 8.31. The van der Waals surface area contributed by atoms with E-state index in [1.54, 1.807) is 19.4 Å². The molecule has 0 unspecified atom stereocenters. The van der Waals surface area contributed by atoms with Crippen molar-refractivity contribution in [1.29, 1.82) is 9.56 Å². The second-order valence-electron chi connectivity index (χ2n) is 6.33. The van der Waals surface area contributed by atoms with E-state index in [0.29, 0.717) is 23.9 Å². The average Bonchev–Trinajstić information content (AvgIpc) is 3.52. The van der Waals surface area contributed by atoms with Crippen molar-refractivity contribution >= 4 is 20.7 Å². The molecule has 0 amide bonds. The number of nitrogens with zero attached hydrogens (tertiary/aromatic N) is 2. The van der Waals surface area contributed by atoms with E-state index in [2.05, 4.69) is 9.97 Å². The van der Waals surface area contributed by atoms with Crippen LogP contribution in [0, 0.1) is 9.56 Å². The van der Waals surface area contributed by atoms with Gasteiger partial charge in [-0.15, -0.1) is 0 Å². The fourth-order valence-corrected chi connectivity index (χ4v) is 4.60. The number of hydrogen-bond donors (Lipinski definition) is 2. The predicted molar refractivity (Wildman–Crippen MR) is 101 cm³/mol. The summed E-state index contributed by atoms with van der Waals surface area (Å²) >= 11 is 0. The Morgan fingerprint density at radius 1 is 1.08 bits per heavy atom. The lowest BCUT2D eigenvalue weighted by molar-refractivity contribution is 0.309. The predicted octanol–water partition coefficient (Wildman–Crippen LogP) is 4.42. The number of hydrogen-bond acceptors (Lipinski definition) is 6.